The van der Waals surface area contributed by atoms with Gasteiger partial charge in [-0.3, -0.25) is 4.79 Å². The summed E-state index contributed by atoms with van der Waals surface area (Å²) in [6, 6.07) is 0.360. The van der Waals surface area contributed by atoms with Crippen molar-refractivity contribution in [2.45, 2.75) is 52.0 Å². The minimum Gasteiger partial charge on any atom is -0.351 e. The summed E-state index contributed by atoms with van der Waals surface area (Å²) in [5.74, 6) is 0.651. The topological polar surface area (TPSA) is 75.1 Å². The minimum atomic E-state index is -0.0799. The largest absolute Gasteiger partial charge is 0.351 e. The van der Waals surface area contributed by atoms with E-state index in [1.165, 1.54) is 25.9 Å². The summed E-state index contributed by atoms with van der Waals surface area (Å²) in [7, 11) is 0. The lowest BCUT2D eigenvalue weighted by molar-refractivity contribution is 0.0942. The zero-order valence-corrected chi connectivity index (χ0v) is 15.6. The summed E-state index contributed by atoms with van der Waals surface area (Å²) in [5, 5.41) is 14.8. The van der Waals surface area contributed by atoms with Crippen LogP contribution < -0.4 is 10.6 Å². The van der Waals surface area contributed by atoms with Gasteiger partial charge in [-0.15, -0.1) is 5.10 Å². The fourth-order valence-corrected chi connectivity index (χ4v) is 4.01. The Bertz CT molecular complexity index is 558. The zero-order valence-electron chi connectivity index (χ0n) is 15.6. The number of nitrogens with one attached hydrogen (secondary N) is 2. The molecule has 2 fully saturated rings. The maximum absolute atomic E-state index is 12.5. The van der Waals surface area contributed by atoms with E-state index in [1.54, 1.807) is 0 Å². The third-order valence-electron chi connectivity index (χ3n) is 5.79. The standard InChI is InChI=1S/C18H32N6O/c1-3-23-12-7-15(8-13-23)4-11-20-18(25)17-14(2)24(22-21-17)16-5-9-19-10-6-16/h15-16,19H,3-13H2,1-2H3,(H,20,25). The summed E-state index contributed by atoms with van der Waals surface area (Å²) in [6.45, 7) is 10.4. The first-order chi connectivity index (χ1) is 12.2. The molecule has 0 atom stereocenters. The van der Waals surface area contributed by atoms with Gasteiger partial charge in [0.15, 0.2) is 5.69 Å². The van der Waals surface area contributed by atoms with Gasteiger partial charge in [0, 0.05) is 6.54 Å². The quantitative estimate of drug-likeness (QED) is 0.812. The average molecular weight is 348 g/mol. The highest BCUT2D eigenvalue weighted by molar-refractivity contribution is 5.93. The van der Waals surface area contributed by atoms with Crippen molar-refractivity contribution >= 4 is 5.91 Å². The molecule has 0 spiro atoms. The summed E-state index contributed by atoms with van der Waals surface area (Å²) in [6.07, 6.45) is 5.64. The smallest absolute Gasteiger partial charge is 0.273 e. The van der Waals surface area contributed by atoms with E-state index < -0.39 is 0 Å². The Hall–Kier alpha value is -1.47. The number of carbonyl (C=O) groups excluding carboxylic acids is 1. The second-order valence-corrected chi connectivity index (χ2v) is 7.37. The van der Waals surface area contributed by atoms with Gasteiger partial charge in [0.1, 0.15) is 0 Å². The molecule has 1 amide bonds. The molecule has 0 unspecified atom stereocenters. The molecule has 2 saturated heterocycles. The first-order valence-electron chi connectivity index (χ1n) is 9.82. The number of carbonyl (C=O) groups is 1. The molecule has 1 aromatic heterocycles. The lowest BCUT2D eigenvalue weighted by Gasteiger charge is -2.30. The van der Waals surface area contributed by atoms with Crippen molar-refractivity contribution in [1.82, 2.24) is 30.5 Å². The highest BCUT2D eigenvalue weighted by atomic mass is 16.2. The Kier molecular flexibility index (Phi) is 6.42. The van der Waals surface area contributed by atoms with Gasteiger partial charge in [-0.1, -0.05) is 12.1 Å². The highest BCUT2D eigenvalue weighted by Crippen LogP contribution is 2.21. The molecular formula is C18H32N6O. The SMILES string of the molecule is CCN1CCC(CCNC(=O)c2nnn(C3CCNCC3)c2C)CC1. The van der Waals surface area contributed by atoms with Gasteiger partial charge in [0.05, 0.1) is 11.7 Å². The number of amides is 1. The molecule has 25 heavy (non-hydrogen) atoms. The monoisotopic (exact) mass is 348 g/mol. The number of likely N-dealkylation sites (tertiary alicyclic amines) is 1. The molecule has 2 aliphatic rings. The van der Waals surface area contributed by atoms with Crippen molar-refractivity contribution in [1.29, 1.82) is 0 Å². The molecule has 7 nitrogen and oxygen atoms in total. The highest BCUT2D eigenvalue weighted by Gasteiger charge is 2.23. The van der Waals surface area contributed by atoms with E-state index in [1.807, 2.05) is 11.6 Å². The van der Waals surface area contributed by atoms with Crippen LogP contribution in [0.4, 0.5) is 0 Å². The molecule has 0 aromatic carbocycles. The number of rotatable bonds is 6. The van der Waals surface area contributed by atoms with Crippen molar-refractivity contribution in [3.63, 3.8) is 0 Å². The lowest BCUT2D eigenvalue weighted by atomic mass is 9.93. The summed E-state index contributed by atoms with van der Waals surface area (Å²) >= 11 is 0. The summed E-state index contributed by atoms with van der Waals surface area (Å²) < 4.78 is 1.94. The Labute approximate surface area is 150 Å². The fourth-order valence-electron chi connectivity index (χ4n) is 4.01. The molecule has 0 bridgehead atoms. The van der Waals surface area contributed by atoms with Gasteiger partial charge >= 0.3 is 0 Å². The van der Waals surface area contributed by atoms with E-state index in [0.29, 0.717) is 11.7 Å². The van der Waals surface area contributed by atoms with Crippen LogP contribution in [0, 0.1) is 12.8 Å². The van der Waals surface area contributed by atoms with E-state index in [9.17, 15) is 4.79 Å². The van der Waals surface area contributed by atoms with Crippen LogP contribution in [0.25, 0.3) is 0 Å². The van der Waals surface area contributed by atoms with Gasteiger partial charge in [-0.2, -0.15) is 0 Å². The van der Waals surface area contributed by atoms with Crippen molar-refractivity contribution in [2.75, 3.05) is 39.3 Å². The van der Waals surface area contributed by atoms with Crippen LogP contribution in [0.2, 0.25) is 0 Å². The molecule has 3 rings (SSSR count). The molecule has 2 aliphatic heterocycles. The summed E-state index contributed by atoms with van der Waals surface area (Å²) in [5.41, 5.74) is 1.37. The summed E-state index contributed by atoms with van der Waals surface area (Å²) in [4.78, 5) is 15.0. The predicted molar refractivity (Wildman–Crippen MR) is 97.7 cm³/mol. The van der Waals surface area contributed by atoms with Crippen LogP contribution >= 0.6 is 0 Å². The Morgan fingerprint density at radius 3 is 2.64 bits per heavy atom. The fraction of sp³-hybridized carbons (Fsp3) is 0.833. The van der Waals surface area contributed by atoms with E-state index >= 15 is 0 Å². The van der Waals surface area contributed by atoms with E-state index in [0.717, 1.165) is 57.1 Å². The molecule has 1 aromatic rings. The Morgan fingerprint density at radius 1 is 1.24 bits per heavy atom. The van der Waals surface area contributed by atoms with Crippen LogP contribution in [0.15, 0.2) is 0 Å². The number of hydrogen-bond acceptors (Lipinski definition) is 5. The van der Waals surface area contributed by atoms with Gasteiger partial charge in [-0.25, -0.2) is 4.68 Å². The molecule has 3 heterocycles. The molecule has 7 heteroatoms. The second-order valence-electron chi connectivity index (χ2n) is 7.37. The molecule has 0 radical (unpaired) electrons. The first-order valence-corrected chi connectivity index (χ1v) is 9.82. The third-order valence-corrected chi connectivity index (χ3v) is 5.79. The van der Waals surface area contributed by atoms with Crippen LogP contribution in [-0.2, 0) is 0 Å². The van der Waals surface area contributed by atoms with Gasteiger partial charge in [0.2, 0.25) is 0 Å². The van der Waals surface area contributed by atoms with Crippen molar-refractivity contribution < 1.29 is 4.79 Å². The Morgan fingerprint density at radius 2 is 1.96 bits per heavy atom. The molecule has 0 saturated carbocycles. The third kappa shape index (κ3) is 4.58. The molecule has 140 valence electrons. The number of aromatic nitrogens is 3. The van der Waals surface area contributed by atoms with Gasteiger partial charge < -0.3 is 15.5 Å². The predicted octanol–water partition coefficient (Wildman–Crippen LogP) is 1.36. The minimum absolute atomic E-state index is 0.0799. The zero-order chi connectivity index (χ0) is 17.6. The Balaban J connectivity index is 1.46. The average Bonchev–Trinajstić information content (AvgIpc) is 3.04. The van der Waals surface area contributed by atoms with Crippen LogP contribution in [0.1, 0.15) is 61.3 Å². The first kappa shape index (κ1) is 18.3. The molecule has 0 aliphatic carbocycles. The van der Waals surface area contributed by atoms with E-state index in [4.69, 9.17) is 0 Å². The van der Waals surface area contributed by atoms with Crippen LogP contribution in [-0.4, -0.2) is 65.1 Å². The lowest BCUT2D eigenvalue weighted by Crippen LogP contribution is -2.35. The number of nitrogens with zero attached hydrogens (tertiary/aromatic N) is 4. The van der Waals surface area contributed by atoms with Crippen molar-refractivity contribution in [2.24, 2.45) is 5.92 Å². The molecular weight excluding hydrogens is 316 g/mol. The van der Waals surface area contributed by atoms with Gasteiger partial charge in [-0.05, 0) is 77.7 Å². The second kappa shape index (κ2) is 8.76. The van der Waals surface area contributed by atoms with E-state index in [-0.39, 0.29) is 5.91 Å². The normalized spacial score (nSPS) is 20.7. The van der Waals surface area contributed by atoms with Gasteiger partial charge in [0.25, 0.3) is 5.91 Å². The maximum Gasteiger partial charge on any atom is 0.273 e. The molecule has 2 N–H and O–H groups in total. The van der Waals surface area contributed by atoms with Crippen LogP contribution in [0.3, 0.4) is 0 Å². The number of piperidine rings is 2. The maximum atomic E-state index is 12.5. The van der Waals surface area contributed by atoms with E-state index in [2.05, 4.69) is 32.8 Å². The number of hydrogen-bond donors (Lipinski definition) is 2. The van der Waals surface area contributed by atoms with Crippen molar-refractivity contribution in [3.05, 3.63) is 11.4 Å². The van der Waals surface area contributed by atoms with Crippen molar-refractivity contribution in [3.8, 4) is 0 Å². The van der Waals surface area contributed by atoms with Crippen LogP contribution in [0.5, 0.6) is 0 Å².